The zero-order valence-electron chi connectivity index (χ0n) is 21.9. The quantitative estimate of drug-likeness (QED) is 0.319. The Bertz CT molecular complexity index is 1270. The highest BCUT2D eigenvalue weighted by Crippen LogP contribution is 2.50. The van der Waals surface area contributed by atoms with E-state index in [1.807, 2.05) is 59.8 Å². The zero-order chi connectivity index (χ0) is 26.7. The molecule has 1 aliphatic heterocycles. The summed E-state index contributed by atoms with van der Waals surface area (Å²) in [7, 11) is 0. The Morgan fingerprint density at radius 3 is 1.86 bits per heavy atom. The molecule has 0 radical (unpaired) electrons. The molecule has 0 amide bonds. The number of phenols is 4. The van der Waals surface area contributed by atoms with Crippen molar-refractivity contribution < 1.29 is 30.0 Å². The molecule has 4 N–H and O–H groups in total. The van der Waals surface area contributed by atoms with Gasteiger partial charge in [-0.25, -0.2) is 0 Å². The number of carbonyl (C=O) groups is 1. The van der Waals surface area contributed by atoms with Gasteiger partial charge in [-0.05, 0) is 72.9 Å². The summed E-state index contributed by atoms with van der Waals surface area (Å²) >= 11 is 0. The van der Waals surface area contributed by atoms with E-state index in [1.54, 1.807) is 0 Å². The maximum absolute atomic E-state index is 13.4. The second-order valence-corrected chi connectivity index (χ2v) is 10.1. The molecule has 0 saturated carbocycles. The van der Waals surface area contributed by atoms with Gasteiger partial charge in [-0.15, -0.1) is 0 Å². The molecule has 0 bridgehead atoms. The number of hydrogen-bond donors (Lipinski definition) is 4. The van der Waals surface area contributed by atoms with Gasteiger partial charge in [-0.3, -0.25) is 4.79 Å². The van der Waals surface area contributed by atoms with Crippen LogP contribution in [0.5, 0.6) is 28.7 Å². The number of Topliss-reactive ketones (excluding diaryl/α,β-unsaturated/α-hetero) is 1. The largest absolute Gasteiger partial charge is 0.508 e. The van der Waals surface area contributed by atoms with Crippen LogP contribution in [-0.2, 0) is 19.3 Å². The highest BCUT2D eigenvalue weighted by atomic mass is 16.5. The number of carbonyl (C=O) groups excluding carboxylic acids is 1. The van der Waals surface area contributed by atoms with Crippen LogP contribution < -0.4 is 4.74 Å². The molecule has 0 fully saturated rings. The number of rotatable bonds is 7. The predicted octanol–water partition coefficient (Wildman–Crippen LogP) is 6.74. The van der Waals surface area contributed by atoms with Crippen molar-refractivity contribution in [1.29, 1.82) is 0 Å². The van der Waals surface area contributed by atoms with E-state index < -0.39 is 6.10 Å². The van der Waals surface area contributed by atoms with E-state index in [0.29, 0.717) is 35.1 Å². The summed E-state index contributed by atoms with van der Waals surface area (Å²) in [6, 6.07) is 3.02. The summed E-state index contributed by atoms with van der Waals surface area (Å²) in [5.41, 5.74) is 4.57. The smallest absolute Gasteiger partial charge is 0.174 e. The lowest BCUT2D eigenvalue weighted by Crippen LogP contribution is -2.22. The molecule has 192 valence electrons. The third kappa shape index (κ3) is 5.59. The van der Waals surface area contributed by atoms with Gasteiger partial charge >= 0.3 is 0 Å². The van der Waals surface area contributed by atoms with E-state index in [0.717, 1.165) is 16.7 Å². The summed E-state index contributed by atoms with van der Waals surface area (Å²) < 4.78 is 6.25. The molecule has 0 aromatic heterocycles. The Morgan fingerprint density at radius 1 is 0.778 bits per heavy atom. The molecule has 0 aliphatic carbocycles. The second-order valence-electron chi connectivity index (χ2n) is 10.1. The highest BCUT2D eigenvalue weighted by Gasteiger charge is 2.36. The minimum absolute atomic E-state index is 0.0419. The van der Waals surface area contributed by atoms with Crippen LogP contribution in [-0.4, -0.2) is 26.2 Å². The van der Waals surface area contributed by atoms with Gasteiger partial charge in [-0.2, -0.15) is 0 Å². The van der Waals surface area contributed by atoms with Crippen molar-refractivity contribution in [1.82, 2.24) is 0 Å². The van der Waals surface area contributed by atoms with Gasteiger partial charge in [-0.1, -0.05) is 34.9 Å². The van der Waals surface area contributed by atoms with Crippen molar-refractivity contribution in [3.8, 4) is 28.7 Å². The van der Waals surface area contributed by atoms with Crippen molar-refractivity contribution in [2.75, 3.05) is 0 Å². The van der Waals surface area contributed by atoms with Crippen LogP contribution in [0.4, 0.5) is 0 Å². The monoisotopic (exact) mass is 492 g/mol. The normalized spacial score (nSPS) is 14.5. The summed E-state index contributed by atoms with van der Waals surface area (Å²) in [5, 5.41) is 43.5. The molecular formula is C30H36O6. The van der Waals surface area contributed by atoms with Crippen molar-refractivity contribution >= 4 is 5.78 Å². The Morgan fingerprint density at radius 2 is 1.31 bits per heavy atom. The Balaban J connectivity index is 2.16. The first kappa shape index (κ1) is 26.9. The molecule has 2 aromatic carbocycles. The van der Waals surface area contributed by atoms with Gasteiger partial charge in [0.05, 0.1) is 6.42 Å². The van der Waals surface area contributed by atoms with Crippen LogP contribution in [0.2, 0.25) is 0 Å². The molecule has 0 spiro atoms. The number of phenolic OH excluding ortho intramolecular Hbond substituents is 4. The average Bonchev–Trinajstić information content (AvgIpc) is 2.77. The molecule has 6 nitrogen and oxygen atoms in total. The van der Waals surface area contributed by atoms with Crippen LogP contribution in [0, 0.1) is 0 Å². The van der Waals surface area contributed by atoms with Gasteiger partial charge < -0.3 is 25.2 Å². The van der Waals surface area contributed by atoms with Crippen molar-refractivity contribution in [2.45, 2.75) is 73.3 Å². The molecule has 0 saturated heterocycles. The van der Waals surface area contributed by atoms with Gasteiger partial charge in [0.15, 0.2) is 5.78 Å². The summed E-state index contributed by atoms with van der Waals surface area (Å²) in [6.45, 7) is 11.6. The Labute approximate surface area is 212 Å². The summed E-state index contributed by atoms with van der Waals surface area (Å²) in [6.07, 6.45) is 5.66. The lowest BCUT2D eigenvalue weighted by atomic mass is 9.88. The number of benzene rings is 2. The minimum atomic E-state index is -0.844. The first-order chi connectivity index (χ1) is 16.9. The van der Waals surface area contributed by atoms with Crippen LogP contribution in [0.3, 0.4) is 0 Å². The topological polar surface area (TPSA) is 107 Å². The van der Waals surface area contributed by atoms with Gasteiger partial charge in [0, 0.05) is 22.3 Å². The standard InChI is InChI=1S/C30H36O6/c1-16(2)7-10-19-23(31)14-13-20(27(19)33)25-15-24(32)26-29(35)21(11-8-17(3)4)28(34)22(30(26)36-25)12-9-18(5)6/h7-9,13-14,25,31,33-35H,10-12,15H2,1-6H3/t25-/m1/s1. The van der Waals surface area contributed by atoms with Crippen molar-refractivity contribution in [2.24, 2.45) is 0 Å². The molecule has 6 heteroatoms. The number of ketones is 1. The van der Waals surface area contributed by atoms with E-state index >= 15 is 0 Å². The van der Waals surface area contributed by atoms with Gasteiger partial charge in [0.25, 0.3) is 0 Å². The predicted molar refractivity (Wildman–Crippen MR) is 141 cm³/mol. The average molecular weight is 493 g/mol. The van der Waals surface area contributed by atoms with E-state index in [9.17, 15) is 25.2 Å². The first-order valence-electron chi connectivity index (χ1n) is 12.2. The first-order valence-corrected chi connectivity index (χ1v) is 12.2. The summed E-state index contributed by atoms with van der Waals surface area (Å²) in [4.78, 5) is 13.4. The fraction of sp³-hybridized carbons (Fsp3) is 0.367. The molecule has 3 rings (SSSR count). The van der Waals surface area contributed by atoms with Crippen LogP contribution in [0.25, 0.3) is 0 Å². The van der Waals surface area contributed by atoms with E-state index in [1.165, 1.54) is 12.1 Å². The molecule has 1 atom stereocenters. The zero-order valence-corrected chi connectivity index (χ0v) is 21.9. The molecule has 1 aliphatic rings. The van der Waals surface area contributed by atoms with Gasteiger partial charge in [0.1, 0.15) is 40.4 Å². The second kappa shape index (κ2) is 10.9. The van der Waals surface area contributed by atoms with E-state index in [-0.39, 0.29) is 52.9 Å². The lowest BCUT2D eigenvalue weighted by molar-refractivity contribution is 0.0839. The number of ether oxygens (including phenoxy) is 1. The lowest BCUT2D eigenvalue weighted by Gasteiger charge is -2.30. The third-order valence-electron chi connectivity index (χ3n) is 6.28. The van der Waals surface area contributed by atoms with Crippen LogP contribution in [0.1, 0.15) is 86.7 Å². The van der Waals surface area contributed by atoms with Crippen LogP contribution >= 0.6 is 0 Å². The Hall–Kier alpha value is -3.67. The molecular weight excluding hydrogens is 456 g/mol. The molecule has 1 heterocycles. The van der Waals surface area contributed by atoms with Crippen LogP contribution in [0.15, 0.2) is 47.1 Å². The number of hydrogen-bond acceptors (Lipinski definition) is 6. The van der Waals surface area contributed by atoms with Crippen molar-refractivity contribution in [3.05, 3.63) is 74.9 Å². The molecule has 0 unspecified atom stereocenters. The maximum Gasteiger partial charge on any atom is 0.174 e. The maximum atomic E-state index is 13.4. The summed E-state index contributed by atoms with van der Waals surface area (Å²) in [5.74, 6) is -0.762. The molecule has 2 aromatic rings. The number of fused-ring (bicyclic) bond motifs is 1. The third-order valence-corrected chi connectivity index (χ3v) is 6.28. The Kier molecular flexibility index (Phi) is 8.18. The van der Waals surface area contributed by atoms with E-state index in [2.05, 4.69) is 0 Å². The van der Waals surface area contributed by atoms with Crippen molar-refractivity contribution in [3.63, 3.8) is 0 Å². The molecule has 36 heavy (non-hydrogen) atoms. The van der Waals surface area contributed by atoms with E-state index in [4.69, 9.17) is 4.74 Å². The van der Waals surface area contributed by atoms with Gasteiger partial charge in [0.2, 0.25) is 0 Å². The fourth-order valence-corrected chi connectivity index (χ4v) is 4.23. The number of allylic oxidation sites excluding steroid dienone is 6. The highest BCUT2D eigenvalue weighted by molar-refractivity contribution is 6.04. The fourth-order valence-electron chi connectivity index (χ4n) is 4.23. The minimum Gasteiger partial charge on any atom is -0.508 e. The SMILES string of the molecule is CC(C)=CCc1c(O)ccc([C@H]2CC(=O)c3c(O)c(CC=C(C)C)c(O)c(CC=C(C)C)c3O2)c1O. The number of aromatic hydroxyl groups is 4.